The highest BCUT2D eigenvalue weighted by atomic mass is 35.5. The Hall–Kier alpha value is -2.05. The number of alkyl halides is 2. The van der Waals surface area contributed by atoms with Gasteiger partial charge in [0.25, 0.3) is 11.8 Å². The number of imide groups is 2. The van der Waals surface area contributed by atoms with Crippen LogP contribution in [0.3, 0.4) is 0 Å². The number of likely N-dealkylation sites (N-methyl/N-ethyl adjacent to an activating group) is 2. The van der Waals surface area contributed by atoms with E-state index in [2.05, 4.69) is 0 Å². The average Bonchev–Trinajstić information content (AvgIpc) is 2.62. The molecular weight excluding hydrogens is 365 g/mol. The molecule has 1 saturated heterocycles. The number of halogens is 2. The molecule has 4 amide bonds. The number of hydrogen-bond donors (Lipinski definition) is 0. The Balaban J connectivity index is 2.27. The van der Waals surface area contributed by atoms with E-state index >= 15 is 0 Å². The summed E-state index contributed by atoms with van der Waals surface area (Å²) in [6, 6.07) is 6.72. The lowest BCUT2D eigenvalue weighted by Crippen LogP contribution is -2.52. The standard InChI is InChI=1S/C17H19Cl2N3O3/c1-20-15(23)14(16(24)21(2)17(20)25)11-12-3-5-13(6-4-12)22(9-7-18)10-8-19/h3-6,11H,7-10H2,1-2H3. The van der Waals surface area contributed by atoms with Gasteiger partial charge in [-0.15, -0.1) is 23.2 Å². The first-order chi connectivity index (χ1) is 11.9. The van der Waals surface area contributed by atoms with E-state index < -0.39 is 17.8 Å². The lowest BCUT2D eigenvalue weighted by Gasteiger charge is -2.28. The molecule has 0 unspecified atom stereocenters. The van der Waals surface area contributed by atoms with Gasteiger partial charge in [0.15, 0.2) is 0 Å². The lowest BCUT2D eigenvalue weighted by atomic mass is 10.1. The van der Waals surface area contributed by atoms with Crippen LogP contribution < -0.4 is 4.90 Å². The summed E-state index contributed by atoms with van der Waals surface area (Å²) >= 11 is 11.6. The predicted octanol–water partition coefficient (Wildman–Crippen LogP) is 2.40. The number of carbonyl (C=O) groups is 3. The fourth-order valence-electron chi connectivity index (χ4n) is 2.50. The van der Waals surface area contributed by atoms with Crippen LogP contribution in [0.2, 0.25) is 0 Å². The molecule has 0 saturated carbocycles. The van der Waals surface area contributed by atoms with E-state index in [0.717, 1.165) is 15.5 Å². The molecular formula is C17H19Cl2N3O3. The number of hydrogen-bond acceptors (Lipinski definition) is 4. The summed E-state index contributed by atoms with van der Waals surface area (Å²) < 4.78 is 0. The van der Waals surface area contributed by atoms with E-state index in [1.807, 2.05) is 17.0 Å². The van der Waals surface area contributed by atoms with Crippen LogP contribution >= 0.6 is 23.2 Å². The Morgan fingerprint density at radius 3 is 1.84 bits per heavy atom. The SMILES string of the molecule is CN1C(=O)C(=Cc2ccc(N(CCCl)CCCl)cc2)C(=O)N(C)C1=O. The Morgan fingerprint density at radius 1 is 0.920 bits per heavy atom. The van der Waals surface area contributed by atoms with Crippen molar-refractivity contribution in [3.05, 3.63) is 35.4 Å². The van der Waals surface area contributed by atoms with Gasteiger partial charge in [0.1, 0.15) is 5.57 Å². The minimum atomic E-state index is -0.639. The molecule has 1 fully saturated rings. The number of anilines is 1. The topological polar surface area (TPSA) is 60.9 Å². The smallest absolute Gasteiger partial charge is 0.333 e. The quantitative estimate of drug-likeness (QED) is 0.429. The molecule has 2 rings (SSSR count). The third-order valence-corrected chi connectivity index (χ3v) is 4.26. The fourth-order valence-corrected chi connectivity index (χ4v) is 2.91. The van der Waals surface area contributed by atoms with Gasteiger partial charge in [0.2, 0.25) is 0 Å². The van der Waals surface area contributed by atoms with Crippen molar-refractivity contribution in [3.63, 3.8) is 0 Å². The van der Waals surface area contributed by atoms with Crippen molar-refractivity contribution in [1.82, 2.24) is 9.80 Å². The Morgan fingerprint density at radius 2 is 1.40 bits per heavy atom. The van der Waals surface area contributed by atoms with Crippen molar-refractivity contribution in [2.45, 2.75) is 0 Å². The number of urea groups is 1. The maximum absolute atomic E-state index is 12.2. The van der Waals surface area contributed by atoms with Crippen molar-refractivity contribution < 1.29 is 14.4 Å². The molecule has 25 heavy (non-hydrogen) atoms. The highest BCUT2D eigenvalue weighted by Crippen LogP contribution is 2.20. The molecule has 1 aliphatic rings. The maximum Gasteiger partial charge on any atom is 0.333 e. The minimum absolute atomic E-state index is 0.0456. The van der Waals surface area contributed by atoms with Gasteiger partial charge >= 0.3 is 6.03 Å². The normalized spacial score (nSPS) is 15.0. The summed E-state index contributed by atoms with van der Waals surface area (Å²) in [5, 5.41) is 0. The van der Waals surface area contributed by atoms with Crippen molar-refractivity contribution in [2.75, 3.05) is 43.8 Å². The highest BCUT2D eigenvalue weighted by molar-refractivity contribution is 6.30. The summed E-state index contributed by atoms with van der Waals surface area (Å²) in [7, 11) is 2.70. The number of barbiturate groups is 1. The first-order valence-electron chi connectivity index (χ1n) is 7.69. The summed E-state index contributed by atoms with van der Waals surface area (Å²) in [6.07, 6.45) is 1.49. The van der Waals surface area contributed by atoms with Crippen LogP contribution in [0.25, 0.3) is 6.08 Å². The number of carbonyl (C=O) groups excluding carboxylic acids is 3. The van der Waals surface area contributed by atoms with Crippen molar-refractivity contribution in [1.29, 1.82) is 0 Å². The third-order valence-electron chi connectivity index (χ3n) is 3.92. The molecule has 134 valence electrons. The van der Waals surface area contributed by atoms with Crippen LogP contribution in [0.4, 0.5) is 10.5 Å². The summed E-state index contributed by atoms with van der Waals surface area (Å²) in [5.74, 6) is -0.247. The first kappa shape index (κ1) is 19.3. The summed E-state index contributed by atoms with van der Waals surface area (Å²) in [4.78, 5) is 40.0. The highest BCUT2D eigenvalue weighted by Gasteiger charge is 2.37. The van der Waals surface area contributed by atoms with E-state index in [1.54, 1.807) is 12.1 Å². The molecule has 0 bridgehead atoms. The predicted molar refractivity (Wildman–Crippen MR) is 99.0 cm³/mol. The largest absolute Gasteiger partial charge is 0.369 e. The van der Waals surface area contributed by atoms with Gasteiger partial charge in [-0.1, -0.05) is 12.1 Å². The second-order valence-electron chi connectivity index (χ2n) is 5.53. The maximum atomic E-state index is 12.2. The lowest BCUT2D eigenvalue weighted by molar-refractivity contribution is -0.134. The second kappa shape index (κ2) is 8.36. The Labute approximate surface area is 156 Å². The third kappa shape index (κ3) is 4.14. The molecule has 0 aromatic heterocycles. The monoisotopic (exact) mass is 383 g/mol. The number of benzene rings is 1. The summed E-state index contributed by atoms with van der Waals surface area (Å²) in [5.41, 5.74) is 1.60. The van der Waals surface area contributed by atoms with Crippen LogP contribution in [0, 0.1) is 0 Å². The molecule has 1 aromatic carbocycles. The molecule has 0 spiro atoms. The number of rotatable bonds is 6. The van der Waals surface area contributed by atoms with E-state index in [0.29, 0.717) is 30.4 Å². The zero-order chi connectivity index (χ0) is 18.6. The molecule has 0 aliphatic carbocycles. The Kier molecular flexibility index (Phi) is 6.45. The fraction of sp³-hybridized carbons (Fsp3) is 0.353. The van der Waals surface area contributed by atoms with Gasteiger partial charge in [0, 0.05) is 44.6 Å². The van der Waals surface area contributed by atoms with Gasteiger partial charge in [-0.25, -0.2) is 4.79 Å². The molecule has 0 N–H and O–H groups in total. The van der Waals surface area contributed by atoms with Gasteiger partial charge in [-0.2, -0.15) is 0 Å². The van der Waals surface area contributed by atoms with Gasteiger partial charge in [-0.05, 0) is 23.8 Å². The van der Waals surface area contributed by atoms with Crippen molar-refractivity contribution >= 4 is 52.8 Å². The minimum Gasteiger partial charge on any atom is -0.369 e. The second-order valence-corrected chi connectivity index (χ2v) is 6.28. The average molecular weight is 384 g/mol. The van der Waals surface area contributed by atoms with E-state index in [-0.39, 0.29) is 5.57 Å². The molecule has 1 heterocycles. The van der Waals surface area contributed by atoms with E-state index in [4.69, 9.17) is 23.2 Å². The molecule has 8 heteroatoms. The molecule has 1 aromatic rings. The van der Waals surface area contributed by atoms with Crippen LogP contribution in [0.15, 0.2) is 29.8 Å². The zero-order valence-corrected chi connectivity index (χ0v) is 15.5. The molecule has 0 atom stereocenters. The molecule has 6 nitrogen and oxygen atoms in total. The van der Waals surface area contributed by atoms with Gasteiger partial charge in [0.05, 0.1) is 0 Å². The van der Waals surface area contributed by atoms with Crippen LogP contribution in [0.5, 0.6) is 0 Å². The van der Waals surface area contributed by atoms with Crippen molar-refractivity contribution in [2.24, 2.45) is 0 Å². The summed E-state index contributed by atoms with van der Waals surface area (Å²) in [6.45, 7) is 1.34. The van der Waals surface area contributed by atoms with E-state index in [9.17, 15) is 14.4 Å². The van der Waals surface area contributed by atoms with E-state index in [1.165, 1.54) is 20.2 Å². The van der Waals surface area contributed by atoms with Crippen LogP contribution in [-0.2, 0) is 9.59 Å². The molecule has 0 radical (unpaired) electrons. The number of amides is 4. The molecule has 1 aliphatic heterocycles. The van der Waals surface area contributed by atoms with Crippen LogP contribution in [-0.4, -0.2) is 66.6 Å². The van der Waals surface area contributed by atoms with Crippen LogP contribution in [0.1, 0.15) is 5.56 Å². The van der Waals surface area contributed by atoms with Crippen molar-refractivity contribution in [3.8, 4) is 0 Å². The van der Waals surface area contributed by atoms with Gasteiger partial charge < -0.3 is 4.90 Å². The first-order valence-corrected chi connectivity index (χ1v) is 8.76. The Bertz CT molecular complexity index is 672. The van der Waals surface area contributed by atoms with Gasteiger partial charge in [-0.3, -0.25) is 19.4 Å². The zero-order valence-electron chi connectivity index (χ0n) is 14.0. The number of nitrogens with zero attached hydrogens (tertiary/aromatic N) is 3.